The predicted octanol–water partition coefficient (Wildman–Crippen LogP) is 6.88. The number of aryl methyl sites for hydroxylation is 2. The molecule has 0 unspecified atom stereocenters. The van der Waals surface area contributed by atoms with Crippen LogP contribution in [0.1, 0.15) is 61.4 Å². The molecule has 1 atom stereocenters. The number of benzene rings is 2. The van der Waals surface area contributed by atoms with Gasteiger partial charge < -0.3 is 0 Å². The van der Waals surface area contributed by atoms with Crippen LogP contribution in [0.2, 0.25) is 5.02 Å². The lowest BCUT2D eigenvalue weighted by molar-refractivity contribution is 0.537. The van der Waals surface area contributed by atoms with E-state index < -0.39 is 0 Å². The minimum atomic E-state index is -0.155. The molecule has 37 heavy (non-hydrogen) atoms. The second kappa shape index (κ2) is 11.0. The Bertz CT molecular complexity index is 1480. The summed E-state index contributed by atoms with van der Waals surface area (Å²) in [7, 11) is 0. The van der Waals surface area contributed by atoms with Crippen LogP contribution < -0.4 is 0 Å². The predicted molar refractivity (Wildman–Crippen MR) is 145 cm³/mol. The summed E-state index contributed by atoms with van der Waals surface area (Å²) >= 11 is 6.18. The van der Waals surface area contributed by atoms with Gasteiger partial charge in [0.2, 0.25) is 0 Å². The van der Waals surface area contributed by atoms with Crippen LogP contribution in [-0.4, -0.2) is 36.8 Å². The van der Waals surface area contributed by atoms with Gasteiger partial charge in [0.25, 0.3) is 0 Å². The zero-order valence-electron chi connectivity index (χ0n) is 20.9. The van der Waals surface area contributed by atoms with Crippen molar-refractivity contribution in [1.29, 1.82) is 0 Å². The first-order valence-electron chi connectivity index (χ1n) is 12.5. The van der Waals surface area contributed by atoms with Crippen LogP contribution in [0.4, 0.5) is 0 Å². The van der Waals surface area contributed by atoms with Gasteiger partial charge >= 0.3 is 0 Å². The van der Waals surface area contributed by atoms with E-state index in [4.69, 9.17) is 22.1 Å². The van der Waals surface area contributed by atoms with Gasteiger partial charge in [-0.2, -0.15) is 5.10 Å². The molecule has 0 radical (unpaired) electrons. The smallest absolute Gasteiger partial charge is 0.162 e. The van der Waals surface area contributed by atoms with Crippen molar-refractivity contribution in [3.8, 4) is 16.8 Å². The fourth-order valence-electron chi connectivity index (χ4n) is 4.70. The second-order valence-electron chi connectivity index (χ2n) is 9.19. The van der Waals surface area contributed by atoms with E-state index in [0.29, 0.717) is 11.6 Å². The Morgan fingerprint density at radius 1 is 1.00 bits per heavy atom. The van der Waals surface area contributed by atoms with Crippen molar-refractivity contribution >= 4 is 17.3 Å². The molecular weight excluding hydrogens is 486 g/mol. The molecule has 10 heteroatoms. The molecule has 0 saturated heterocycles. The maximum absolute atomic E-state index is 8.36. The molecule has 0 fully saturated rings. The van der Waals surface area contributed by atoms with Gasteiger partial charge in [0.05, 0.1) is 17.6 Å². The lowest BCUT2D eigenvalue weighted by Crippen LogP contribution is -2.08. The zero-order valence-corrected chi connectivity index (χ0v) is 21.7. The quantitative estimate of drug-likeness (QED) is 0.105. The van der Waals surface area contributed by atoms with Crippen molar-refractivity contribution in [2.75, 3.05) is 6.54 Å². The first-order chi connectivity index (χ1) is 18.0. The Kier molecular flexibility index (Phi) is 7.35. The Balaban J connectivity index is 1.45. The summed E-state index contributed by atoms with van der Waals surface area (Å²) in [5.74, 6) is 1.65. The maximum atomic E-state index is 8.36. The van der Waals surface area contributed by atoms with Gasteiger partial charge in [0, 0.05) is 45.9 Å². The highest BCUT2D eigenvalue weighted by Crippen LogP contribution is 2.33. The van der Waals surface area contributed by atoms with E-state index in [1.165, 1.54) is 0 Å². The fraction of sp³-hybridized carbons (Fsp3) is 0.333. The van der Waals surface area contributed by atoms with Crippen LogP contribution in [0.3, 0.4) is 0 Å². The van der Waals surface area contributed by atoms with E-state index in [0.717, 1.165) is 77.5 Å². The molecular formula is C27H28ClN9. The van der Waals surface area contributed by atoms with Crippen LogP contribution in [0.5, 0.6) is 0 Å². The summed E-state index contributed by atoms with van der Waals surface area (Å²) in [6.07, 6.45) is 8.09. The third-order valence-electron chi connectivity index (χ3n) is 6.58. The number of unbranched alkanes of at least 4 members (excludes halogenated alkanes) is 3. The third-order valence-corrected chi connectivity index (χ3v) is 6.83. The van der Waals surface area contributed by atoms with Crippen molar-refractivity contribution in [2.45, 2.75) is 52.1 Å². The maximum Gasteiger partial charge on any atom is 0.162 e. The van der Waals surface area contributed by atoms with Gasteiger partial charge in [-0.1, -0.05) is 47.8 Å². The van der Waals surface area contributed by atoms with Gasteiger partial charge in [0.1, 0.15) is 11.9 Å². The molecule has 0 N–H and O–H groups in total. The zero-order chi connectivity index (χ0) is 25.8. The minimum Gasteiger partial charge on any atom is -0.281 e. The molecule has 0 spiro atoms. The van der Waals surface area contributed by atoms with E-state index in [1.807, 2.05) is 49.0 Å². The topological polar surface area (TPSA) is 110 Å². The number of aliphatic imine (C=N–C) groups is 1. The minimum absolute atomic E-state index is 0.155. The van der Waals surface area contributed by atoms with Gasteiger partial charge in [0.15, 0.2) is 5.82 Å². The van der Waals surface area contributed by atoms with E-state index >= 15 is 0 Å². The number of hydrogen-bond donors (Lipinski definition) is 0. The molecule has 0 amide bonds. The van der Waals surface area contributed by atoms with Crippen molar-refractivity contribution in [3.05, 3.63) is 93.1 Å². The number of fused-ring (bicyclic) bond motifs is 3. The van der Waals surface area contributed by atoms with Crippen LogP contribution in [0.25, 0.3) is 27.3 Å². The molecule has 3 heterocycles. The van der Waals surface area contributed by atoms with Crippen molar-refractivity contribution in [1.82, 2.24) is 24.5 Å². The van der Waals surface area contributed by atoms with Gasteiger partial charge in [-0.25, -0.2) is 0 Å². The second-order valence-corrected chi connectivity index (χ2v) is 9.63. The van der Waals surface area contributed by atoms with Gasteiger partial charge in [-0.15, -0.1) is 10.2 Å². The highest BCUT2D eigenvalue weighted by Gasteiger charge is 2.26. The van der Waals surface area contributed by atoms with Crippen LogP contribution in [0.15, 0.2) is 65.0 Å². The van der Waals surface area contributed by atoms with Crippen LogP contribution >= 0.6 is 11.6 Å². The number of halogens is 1. The molecule has 0 saturated carbocycles. The average molecular weight is 514 g/mol. The summed E-state index contributed by atoms with van der Waals surface area (Å²) in [6, 6.07) is 14.1. The fourth-order valence-corrected chi connectivity index (χ4v) is 4.82. The molecule has 2 aromatic carbocycles. The van der Waals surface area contributed by atoms with E-state index in [-0.39, 0.29) is 6.04 Å². The Hall–Kier alpha value is -3.94. The molecule has 2 aromatic heterocycles. The lowest BCUT2D eigenvalue weighted by atomic mass is 9.96. The van der Waals surface area contributed by atoms with Crippen LogP contribution in [-0.2, 0) is 6.54 Å². The van der Waals surface area contributed by atoms with Crippen LogP contribution in [0, 0.1) is 6.92 Å². The molecule has 1 aliphatic heterocycles. The standard InChI is InChI=1S/C27H28ClN9/c1-18-27-34-33-19(2)37(27)25-12-9-21(15-24(25)26(32-18)20-7-10-23(28)11-8-20)22-16-31-36(17-22)14-6-4-3-5-13-30-35-29/h7-12,15-18H,3-6,13-14H2,1-2H3/t18-/m0/s1. The normalized spacial score (nSPS) is 14.4. The summed E-state index contributed by atoms with van der Waals surface area (Å²) in [6.45, 7) is 5.43. The molecule has 9 nitrogen and oxygen atoms in total. The van der Waals surface area contributed by atoms with Gasteiger partial charge in [-0.3, -0.25) is 14.2 Å². The average Bonchev–Trinajstić information content (AvgIpc) is 3.51. The summed E-state index contributed by atoms with van der Waals surface area (Å²) in [4.78, 5) is 7.89. The third kappa shape index (κ3) is 5.28. The molecule has 0 aliphatic carbocycles. The number of aromatic nitrogens is 5. The molecule has 4 aromatic rings. The molecule has 5 rings (SSSR count). The lowest BCUT2D eigenvalue weighted by Gasteiger charge is -2.14. The summed E-state index contributed by atoms with van der Waals surface area (Å²) in [5, 5.41) is 17.6. The highest BCUT2D eigenvalue weighted by molar-refractivity contribution is 6.30. The van der Waals surface area contributed by atoms with E-state index in [9.17, 15) is 0 Å². The van der Waals surface area contributed by atoms with Crippen molar-refractivity contribution in [2.24, 2.45) is 10.1 Å². The SMILES string of the molecule is Cc1nnc2n1-c1ccc(-c3cnn(CCCCCCN=[N+]=[N-])c3)cc1C(c1ccc(Cl)cc1)=N[C@H]2C. The Morgan fingerprint density at radius 3 is 2.59 bits per heavy atom. The number of nitrogens with zero attached hydrogens (tertiary/aromatic N) is 9. The Morgan fingerprint density at radius 2 is 1.78 bits per heavy atom. The Labute approximate surface area is 220 Å². The number of hydrogen-bond acceptors (Lipinski definition) is 5. The first kappa shape index (κ1) is 24.7. The number of azide groups is 1. The van der Waals surface area contributed by atoms with Gasteiger partial charge in [-0.05, 0) is 62.0 Å². The first-order valence-corrected chi connectivity index (χ1v) is 12.9. The van der Waals surface area contributed by atoms with E-state index in [2.05, 4.69) is 54.3 Å². The largest absolute Gasteiger partial charge is 0.281 e. The summed E-state index contributed by atoms with van der Waals surface area (Å²) < 4.78 is 4.09. The highest BCUT2D eigenvalue weighted by atomic mass is 35.5. The molecule has 0 bridgehead atoms. The van der Waals surface area contributed by atoms with Crippen molar-refractivity contribution < 1.29 is 0 Å². The molecule has 188 valence electrons. The van der Waals surface area contributed by atoms with Crippen molar-refractivity contribution in [3.63, 3.8) is 0 Å². The number of rotatable bonds is 9. The molecule has 1 aliphatic rings. The monoisotopic (exact) mass is 513 g/mol. The summed E-state index contributed by atoms with van der Waals surface area (Å²) in [5.41, 5.74) is 14.4. The van der Waals surface area contributed by atoms with E-state index in [1.54, 1.807) is 0 Å².